The molecule has 0 amide bonds. The molecule has 0 spiro atoms. The second-order valence-electron chi connectivity index (χ2n) is 3.87. The van der Waals surface area contributed by atoms with Crippen LogP contribution in [0.1, 0.15) is 11.7 Å². The van der Waals surface area contributed by atoms with Crippen molar-refractivity contribution in [1.29, 1.82) is 0 Å². The minimum absolute atomic E-state index is 0.00338. The zero-order valence-electron chi connectivity index (χ0n) is 9.42. The Morgan fingerprint density at radius 1 is 1.21 bits per heavy atom. The molecule has 0 unspecified atom stereocenters. The smallest absolute Gasteiger partial charge is 0.337 e. The maximum absolute atomic E-state index is 12.3. The fourth-order valence-electron chi connectivity index (χ4n) is 1.71. The number of para-hydroxylation sites is 1. The number of hydrogen-bond donors (Lipinski definition) is 0. The van der Waals surface area contributed by atoms with Crippen molar-refractivity contribution in [3.05, 3.63) is 42.2 Å². The van der Waals surface area contributed by atoms with Crippen molar-refractivity contribution in [1.82, 2.24) is 19.9 Å². The highest BCUT2D eigenvalue weighted by Crippen LogP contribution is 2.26. The Balaban J connectivity index is 1.91. The molecule has 3 rings (SSSR count). The summed E-state index contributed by atoms with van der Waals surface area (Å²) in [5.41, 5.74) is 0.786. The molecule has 0 saturated heterocycles. The van der Waals surface area contributed by atoms with E-state index >= 15 is 0 Å². The van der Waals surface area contributed by atoms with Gasteiger partial charge in [0.05, 0.1) is 11.7 Å². The molecule has 0 aliphatic rings. The number of aromatic nitrogens is 4. The van der Waals surface area contributed by atoms with E-state index < -0.39 is 12.0 Å². The third-order valence-electron chi connectivity index (χ3n) is 2.56. The van der Waals surface area contributed by atoms with E-state index in [1.807, 2.05) is 24.3 Å². The number of fused-ring (bicyclic) bond motifs is 1. The molecule has 0 atom stereocenters. The first-order valence-corrected chi connectivity index (χ1v) is 5.34. The Bertz CT molecular complexity index is 716. The molecule has 2 heterocycles. The first kappa shape index (κ1) is 11.7. The molecule has 0 aliphatic heterocycles. The molecular weight excluding hydrogens is 261 g/mol. The molecular formula is C11H7F3N4O. The minimum atomic E-state index is -4.60. The first-order valence-electron chi connectivity index (χ1n) is 5.34. The van der Waals surface area contributed by atoms with Crippen LogP contribution in [0.15, 0.2) is 35.0 Å². The molecule has 0 fully saturated rings. The van der Waals surface area contributed by atoms with Crippen LogP contribution in [-0.4, -0.2) is 19.9 Å². The van der Waals surface area contributed by atoms with Crippen molar-refractivity contribution in [2.75, 3.05) is 0 Å². The van der Waals surface area contributed by atoms with Gasteiger partial charge in [-0.25, -0.2) is 0 Å². The van der Waals surface area contributed by atoms with Gasteiger partial charge in [0, 0.05) is 5.39 Å². The summed E-state index contributed by atoms with van der Waals surface area (Å²) in [6.07, 6.45) is -2.98. The van der Waals surface area contributed by atoms with Gasteiger partial charge in [0.1, 0.15) is 6.54 Å². The summed E-state index contributed by atoms with van der Waals surface area (Å²) in [5.74, 6) is -1.42. The van der Waals surface area contributed by atoms with Gasteiger partial charge in [-0.15, -0.1) is 0 Å². The van der Waals surface area contributed by atoms with E-state index in [1.165, 1.54) is 4.68 Å². The lowest BCUT2D eigenvalue weighted by molar-refractivity contribution is -0.146. The topological polar surface area (TPSA) is 56.7 Å². The van der Waals surface area contributed by atoms with Crippen LogP contribution in [0.3, 0.4) is 0 Å². The summed E-state index contributed by atoms with van der Waals surface area (Å²) < 4.78 is 43.1. The van der Waals surface area contributed by atoms with Crippen molar-refractivity contribution in [3.63, 3.8) is 0 Å². The Hall–Kier alpha value is -2.38. The normalized spacial score (nSPS) is 12.2. The van der Waals surface area contributed by atoms with Crippen LogP contribution in [-0.2, 0) is 12.7 Å². The van der Waals surface area contributed by atoms with Gasteiger partial charge in [-0.05, 0) is 6.07 Å². The largest absolute Gasteiger partial charge is 0.455 e. The Kier molecular flexibility index (Phi) is 2.51. The lowest BCUT2D eigenvalue weighted by atomic mass is 10.3. The third kappa shape index (κ3) is 2.16. The molecule has 0 aliphatic carbocycles. The molecule has 0 N–H and O–H groups in total. The molecule has 1 aromatic carbocycles. The van der Waals surface area contributed by atoms with Crippen LogP contribution in [0, 0.1) is 0 Å². The van der Waals surface area contributed by atoms with E-state index in [1.54, 1.807) is 6.20 Å². The zero-order chi connectivity index (χ0) is 13.5. The summed E-state index contributed by atoms with van der Waals surface area (Å²) in [4.78, 5) is 3.30. The van der Waals surface area contributed by atoms with Gasteiger partial charge >= 0.3 is 6.18 Å². The standard InChI is InChI=1S/C11H7F3N4O/c12-11(13,14)10-16-9(19-17-10)6-18-8-4-2-1-3-7(8)5-15-18/h1-5H,6H2. The monoisotopic (exact) mass is 268 g/mol. The maximum atomic E-state index is 12.3. The number of halogens is 3. The van der Waals surface area contributed by atoms with Crippen LogP contribution in [0.25, 0.3) is 10.9 Å². The van der Waals surface area contributed by atoms with E-state index in [0.717, 1.165) is 10.9 Å². The van der Waals surface area contributed by atoms with Crippen LogP contribution >= 0.6 is 0 Å². The average Bonchev–Trinajstić information content (AvgIpc) is 2.97. The molecule has 98 valence electrons. The maximum Gasteiger partial charge on any atom is 0.455 e. The van der Waals surface area contributed by atoms with Gasteiger partial charge in [-0.2, -0.15) is 23.3 Å². The predicted molar refractivity (Wildman–Crippen MR) is 58.1 cm³/mol. The fourth-order valence-corrected chi connectivity index (χ4v) is 1.71. The lowest BCUT2D eigenvalue weighted by Crippen LogP contribution is -2.08. The SMILES string of the molecule is FC(F)(F)c1noc(Cn2ncc3ccccc32)n1. The van der Waals surface area contributed by atoms with Crippen LogP contribution < -0.4 is 0 Å². The van der Waals surface area contributed by atoms with Gasteiger partial charge in [-0.3, -0.25) is 4.68 Å². The van der Waals surface area contributed by atoms with E-state index in [2.05, 4.69) is 19.8 Å². The first-order chi connectivity index (χ1) is 9.04. The summed E-state index contributed by atoms with van der Waals surface area (Å²) in [7, 11) is 0. The van der Waals surface area contributed by atoms with Gasteiger partial charge in [-0.1, -0.05) is 23.4 Å². The number of rotatable bonds is 2. The predicted octanol–water partition coefficient (Wildman–Crippen LogP) is 2.49. The third-order valence-corrected chi connectivity index (χ3v) is 2.56. The second kappa shape index (κ2) is 4.08. The molecule has 8 heteroatoms. The van der Waals surface area contributed by atoms with Crippen molar-refractivity contribution in [2.45, 2.75) is 12.7 Å². The minimum Gasteiger partial charge on any atom is -0.337 e. The van der Waals surface area contributed by atoms with Crippen LogP contribution in [0.4, 0.5) is 13.2 Å². The number of hydrogen-bond acceptors (Lipinski definition) is 4. The zero-order valence-corrected chi connectivity index (χ0v) is 9.42. The van der Waals surface area contributed by atoms with Gasteiger partial charge < -0.3 is 4.52 Å². The Morgan fingerprint density at radius 2 is 2.00 bits per heavy atom. The number of alkyl halides is 3. The summed E-state index contributed by atoms with van der Waals surface area (Å²) in [6.45, 7) is -0.00338. The lowest BCUT2D eigenvalue weighted by Gasteiger charge is -1.99. The van der Waals surface area contributed by atoms with E-state index in [-0.39, 0.29) is 12.4 Å². The van der Waals surface area contributed by atoms with Crippen LogP contribution in [0.2, 0.25) is 0 Å². The summed E-state index contributed by atoms with van der Waals surface area (Å²) >= 11 is 0. The highest BCUT2D eigenvalue weighted by molar-refractivity contribution is 5.78. The molecule has 0 bridgehead atoms. The summed E-state index contributed by atoms with van der Waals surface area (Å²) in [6, 6.07) is 7.33. The van der Waals surface area contributed by atoms with Crippen molar-refractivity contribution >= 4 is 10.9 Å². The average molecular weight is 268 g/mol. The Morgan fingerprint density at radius 3 is 2.74 bits per heavy atom. The second-order valence-corrected chi connectivity index (χ2v) is 3.87. The molecule has 0 radical (unpaired) electrons. The fraction of sp³-hybridized carbons (Fsp3) is 0.182. The van der Waals surface area contributed by atoms with E-state index in [0.29, 0.717) is 0 Å². The van der Waals surface area contributed by atoms with E-state index in [9.17, 15) is 13.2 Å². The van der Waals surface area contributed by atoms with Gasteiger partial charge in [0.25, 0.3) is 5.82 Å². The van der Waals surface area contributed by atoms with Crippen molar-refractivity contribution < 1.29 is 17.7 Å². The molecule has 0 saturated carbocycles. The van der Waals surface area contributed by atoms with Gasteiger partial charge in [0.15, 0.2) is 0 Å². The van der Waals surface area contributed by atoms with Crippen molar-refractivity contribution in [2.24, 2.45) is 0 Å². The molecule has 19 heavy (non-hydrogen) atoms. The van der Waals surface area contributed by atoms with Crippen LogP contribution in [0.5, 0.6) is 0 Å². The number of benzene rings is 1. The quantitative estimate of drug-likeness (QED) is 0.716. The van der Waals surface area contributed by atoms with E-state index in [4.69, 9.17) is 0 Å². The highest BCUT2D eigenvalue weighted by Gasteiger charge is 2.37. The highest BCUT2D eigenvalue weighted by atomic mass is 19.4. The Labute approximate surface area is 104 Å². The molecule has 3 aromatic rings. The number of nitrogens with zero attached hydrogens (tertiary/aromatic N) is 4. The summed E-state index contributed by atoms with van der Waals surface area (Å²) in [5, 5.41) is 7.85. The molecule has 2 aromatic heterocycles. The molecule has 5 nitrogen and oxygen atoms in total. The van der Waals surface area contributed by atoms with Crippen molar-refractivity contribution in [3.8, 4) is 0 Å². The van der Waals surface area contributed by atoms with Gasteiger partial charge in [0.2, 0.25) is 5.89 Å².